The maximum Gasteiger partial charge on any atom is 0.351 e. The molecule has 0 fully saturated rings. The molecule has 1 N–H and O–H groups in total. The molecule has 0 spiro atoms. The molecular formula is C20H18FN3O3S. The Morgan fingerprint density at radius 3 is 2.61 bits per heavy atom. The predicted octanol–water partition coefficient (Wildman–Crippen LogP) is 4.23. The van der Waals surface area contributed by atoms with E-state index in [9.17, 15) is 14.0 Å². The molecule has 1 atom stereocenters. The number of anilines is 1. The number of carbonyl (C=O) groups is 2. The summed E-state index contributed by atoms with van der Waals surface area (Å²) >= 11 is 1.17. The highest BCUT2D eigenvalue weighted by Gasteiger charge is 2.25. The standard InChI is InChI=1S/C20H18FN3O3S/c1-3-16(18(25)24-14-9-7-13(21)8-10-14)27-20(26)17-12(2)23-19(28-17)15-6-4-5-11-22-15/h4-11,16H,3H2,1-2H3,(H,24,25). The van der Waals surface area contributed by atoms with Gasteiger partial charge in [-0.05, 0) is 49.7 Å². The zero-order chi connectivity index (χ0) is 20.1. The number of ether oxygens (including phenoxy) is 1. The van der Waals surface area contributed by atoms with Gasteiger partial charge in [0.25, 0.3) is 5.91 Å². The number of hydrogen-bond acceptors (Lipinski definition) is 6. The van der Waals surface area contributed by atoms with E-state index in [0.717, 1.165) is 0 Å². The smallest absolute Gasteiger partial charge is 0.351 e. The second kappa shape index (κ2) is 8.71. The summed E-state index contributed by atoms with van der Waals surface area (Å²) in [5, 5.41) is 3.22. The van der Waals surface area contributed by atoms with E-state index in [4.69, 9.17) is 4.74 Å². The van der Waals surface area contributed by atoms with Crippen molar-refractivity contribution < 1.29 is 18.7 Å². The van der Waals surface area contributed by atoms with Crippen LogP contribution >= 0.6 is 11.3 Å². The number of rotatable bonds is 6. The Kier molecular flexibility index (Phi) is 6.10. The van der Waals surface area contributed by atoms with Crippen LogP contribution in [0, 0.1) is 12.7 Å². The molecule has 0 aliphatic heterocycles. The van der Waals surface area contributed by atoms with Gasteiger partial charge in [0.05, 0.1) is 11.4 Å². The van der Waals surface area contributed by atoms with Gasteiger partial charge in [0, 0.05) is 11.9 Å². The first kappa shape index (κ1) is 19.6. The van der Waals surface area contributed by atoms with E-state index in [1.165, 1.54) is 35.6 Å². The van der Waals surface area contributed by atoms with E-state index in [0.29, 0.717) is 33.4 Å². The quantitative estimate of drug-likeness (QED) is 0.628. The second-order valence-electron chi connectivity index (χ2n) is 5.95. The van der Waals surface area contributed by atoms with Crippen LogP contribution in [0.2, 0.25) is 0 Å². The van der Waals surface area contributed by atoms with Crippen LogP contribution in [0.4, 0.5) is 10.1 Å². The van der Waals surface area contributed by atoms with E-state index in [1.54, 1.807) is 32.2 Å². The first-order chi connectivity index (χ1) is 13.5. The van der Waals surface area contributed by atoms with Gasteiger partial charge in [-0.25, -0.2) is 14.2 Å². The summed E-state index contributed by atoms with van der Waals surface area (Å²) in [6.45, 7) is 3.44. The molecule has 6 nitrogen and oxygen atoms in total. The van der Waals surface area contributed by atoms with Gasteiger partial charge < -0.3 is 10.1 Å². The molecule has 2 heterocycles. The van der Waals surface area contributed by atoms with Crippen molar-refractivity contribution in [3.05, 3.63) is 65.0 Å². The number of thiazole rings is 1. The third-order valence-corrected chi connectivity index (χ3v) is 5.05. The lowest BCUT2D eigenvalue weighted by Gasteiger charge is -2.15. The van der Waals surface area contributed by atoms with Crippen molar-refractivity contribution in [2.45, 2.75) is 26.4 Å². The summed E-state index contributed by atoms with van der Waals surface area (Å²) in [6.07, 6.45) is 0.970. The number of esters is 1. The van der Waals surface area contributed by atoms with E-state index in [-0.39, 0.29) is 0 Å². The fourth-order valence-corrected chi connectivity index (χ4v) is 3.37. The highest BCUT2D eigenvalue weighted by molar-refractivity contribution is 7.17. The van der Waals surface area contributed by atoms with Gasteiger partial charge in [0.2, 0.25) is 0 Å². The molecule has 0 aliphatic rings. The number of aryl methyl sites for hydroxylation is 1. The average molecular weight is 399 g/mol. The number of pyridine rings is 1. The number of hydrogen-bond donors (Lipinski definition) is 1. The molecule has 3 aromatic rings. The molecule has 0 saturated carbocycles. The van der Waals surface area contributed by atoms with Crippen LogP contribution in [0.1, 0.15) is 28.7 Å². The van der Waals surface area contributed by atoms with Crippen molar-refractivity contribution >= 4 is 28.9 Å². The highest BCUT2D eigenvalue weighted by atomic mass is 32.1. The number of benzene rings is 1. The van der Waals surface area contributed by atoms with Crippen LogP contribution in [-0.2, 0) is 9.53 Å². The summed E-state index contributed by atoms with van der Waals surface area (Å²) in [5.41, 5.74) is 1.60. The lowest BCUT2D eigenvalue weighted by atomic mass is 10.2. The Balaban J connectivity index is 1.71. The molecule has 1 aromatic carbocycles. The number of nitrogens with one attached hydrogen (secondary N) is 1. The third kappa shape index (κ3) is 4.58. The summed E-state index contributed by atoms with van der Waals surface area (Å²) in [6, 6.07) is 10.8. The van der Waals surface area contributed by atoms with Crippen LogP contribution < -0.4 is 5.32 Å². The van der Waals surface area contributed by atoms with E-state index in [1.807, 2.05) is 6.07 Å². The van der Waals surface area contributed by atoms with Crippen molar-refractivity contribution in [1.29, 1.82) is 0 Å². The Labute approximate surface area is 165 Å². The Hall–Kier alpha value is -3.13. The molecule has 2 aromatic heterocycles. The van der Waals surface area contributed by atoms with Gasteiger partial charge in [-0.15, -0.1) is 11.3 Å². The number of halogens is 1. The molecule has 144 valence electrons. The minimum atomic E-state index is -0.975. The largest absolute Gasteiger partial charge is 0.448 e. The summed E-state index contributed by atoms with van der Waals surface area (Å²) in [7, 11) is 0. The van der Waals surface area contributed by atoms with Gasteiger partial charge in [0.15, 0.2) is 6.10 Å². The molecular weight excluding hydrogens is 381 g/mol. The molecule has 0 aliphatic carbocycles. The lowest BCUT2D eigenvalue weighted by molar-refractivity contribution is -0.124. The number of carbonyl (C=O) groups excluding carboxylic acids is 2. The SMILES string of the molecule is CCC(OC(=O)c1sc(-c2ccccn2)nc1C)C(=O)Nc1ccc(F)cc1. The monoisotopic (exact) mass is 399 g/mol. The summed E-state index contributed by atoms with van der Waals surface area (Å²) in [5.74, 6) is -1.49. The lowest BCUT2D eigenvalue weighted by Crippen LogP contribution is -2.32. The molecule has 3 rings (SSSR count). The van der Waals surface area contributed by atoms with Crippen molar-refractivity contribution in [1.82, 2.24) is 9.97 Å². The maximum atomic E-state index is 13.0. The molecule has 8 heteroatoms. The van der Waals surface area contributed by atoms with Crippen molar-refractivity contribution in [3.8, 4) is 10.7 Å². The zero-order valence-electron chi connectivity index (χ0n) is 15.3. The van der Waals surface area contributed by atoms with E-state index in [2.05, 4.69) is 15.3 Å². The summed E-state index contributed by atoms with van der Waals surface area (Å²) < 4.78 is 18.4. The molecule has 0 saturated heterocycles. The van der Waals surface area contributed by atoms with Crippen molar-refractivity contribution in [2.75, 3.05) is 5.32 Å². The minimum absolute atomic E-state index is 0.295. The predicted molar refractivity (Wildman–Crippen MR) is 105 cm³/mol. The van der Waals surface area contributed by atoms with Gasteiger partial charge in [0.1, 0.15) is 15.7 Å². The third-order valence-electron chi connectivity index (χ3n) is 3.89. The van der Waals surface area contributed by atoms with Crippen LogP contribution in [0.15, 0.2) is 48.7 Å². The van der Waals surface area contributed by atoms with E-state index < -0.39 is 23.8 Å². The number of nitrogens with zero attached hydrogens (tertiary/aromatic N) is 2. The van der Waals surface area contributed by atoms with Crippen LogP contribution in [-0.4, -0.2) is 27.9 Å². The van der Waals surface area contributed by atoms with Crippen molar-refractivity contribution in [3.63, 3.8) is 0 Å². The Morgan fingerprint density at radius 2 is 1.96 bits per heavy atom. The van der Waals surface area contributed by atoms with E-state index >= 15 is 0 Å². The topological polar surface area (TPSA) is 81.2 Å². The normalized spacial score (nSPS) is 11.7. The first-order valence-corrected chi connectivity index (χ1v) is 9.45. The first-order valence-electron chi connectivity index (χ1n) is 8.64. The van der Waals surface area contributed by atoms with Gasteiger partial charge in [-0.2, -0.15) is 0 Å². The minimum Gasteiger partial charge on any atom is -0.448 e. The van der Waals surface area contributed by atoms with Crippen LogP contribution in [0.3, 0.4) is 0 Å². The highest BCUT2D eigenvalue weighted by Crippen LogP contribution is 2.27. The molecule has 28 heavy (non-hydrogen) atoms. The zero-order valence-corrected chi connectivity index (χ0v) is 16.1. The maximum absolute atomic E-state index is 13.0. The fourth-order valence-electron chi connectivity index (χ4n) is 2.45. The fraction of sp³-hybridized carbons (Fsp3) is 0.200. The van der Waals surface area contributed by atoms with Crippen molar-refractivity contribution in [2.24, 2.45) is 0 Å². The van der Waals surface area contributed by atoms with Crippen LogP contribution in [0.25, 0.3) is 10.7 Å². The number of amides is 1. The molecule has 1 unspecified atom stereocenters. The van der Waals surface area contributed by atoms with Gasteiger partial charge >= 0.3 is 5.97 Å². The molecule has 0 radical (unpaired) electrons. The Morgan fingerprint density at radius 1 is 1.21 bits per heavy atom. The second-order valence-corrected chi connectivity index (χ2v) is 6.95. The summed E-state index contributed by atoms with van der Waals surface area (Å²) in [4.78, 5) is 33.9. The van der Waals surface area contributed by atoms with Gasteiger partial charge in [-0.1, -0.05) is 13.0 Å². The number of aromatic nitrogens is 2. The molecule has 1 amide bonds. The molecule has 0 bridgehead atoms. The Bertz CT molecular complexity index is 974. The van der Waals surface area contributed by atoms with Gasteiger partial charge in [-0.3, -0.25) is 9.78 Å². The van der Waals surface area contributed by atoms with Crippen LogP contribution in [0.5, 0.6) is 0 Å². The average Bonchev–Trinajstić information content (AvgIpc) is 3.10.